The lowest BCUT2D eigenvalue weighted by Crippen LogP contribution is -2.41. The van der Waals surface area contributed by atoms with E-state index in [-0.39, 0.29) is 0 Å². The molecule has 0 aromatic rings. The lowest BCUT2D eigenvalue weighted by molar-refractivity contribution is 0.191. The maximum Gasteiger partial charge on any atom is 0.00958 e. The molecule has 0 radical (unpaired) electrons. The van der Waals surface area contributed by atoms with Crippen molar-refractivity contribution >= 4 is 11.8 Å². The van der Waals surface area contributed by atoms with Gasteiger partial charge in [0.2, 0.25) is 0 Å². The van der Waals surface area contributed by atoms with Crippen LogP contribution in [0.1, 0.15) is 58.8 Å². The monoisotopic (exact) mass is 257 g/mol. The van der Waals surface area contributed by atoms with Crippen LogP contribution in [0.2, 0.25) is 0 Å². The summed E-state index contributed by atoms with van der Waals surface area (Å²) < 4.78 is 0. The third kappa shape index (κ3) is 5.65. The smallest absolute Gasteiger partial charge is 0.00958 e. The molecule has 0 amide bonds. The molecule has 1 nitrogen and oxygen atoms in total. The molecular weight excluding hydrogens is 226 g/mol. The van der Waals surface area contributed by atoms with Crippen LogP contribution < -0.4 is 5.32 Å². The fraction of sp³-hybridized carbons (Fsp3) is 1.00. The van der Waals surface area contributed by atoms with E-state index in [1.807, 2.05) is 11.8 Å². The van der Waals surface area contributed by atoms with Gasteiger partial charge in [-0.1, -0.05) is 26.7 Å². The van der Waals surface area contributed by atoms with Crippen LogP contribution in [0, 0.1) is 11.8 Å². The number of hydrogen-bond donors (Lipinski definition) is 1. The van der Waals surface area contributed by atoms with Crippen molar-refractivity contribution in [1.82, 2.24) is 5.32 Å². The Labute approximate surface area is 113 Å². The molecule has 2 heteroatoms. The summed E-state index contributed by atoms with van der Waals surface area (Å²) in [5.74, 6) is 3.30. The van der Waals surface area contributed by atoms with Crippen LogP contribution in [-0.4, -0.2) is 24.6 Å². The number of thioether (sulfide) groups is 1. The van der Waals surface area contributed by atoms with Crippen molar-refractivity contribution in [2.45, 2.75) is 64.8 Å². The first-order valence-electron chi connectivity index (χ1n) is 7.54. The van der Waals surface area contributed by atoms with Crippen LogP contribution in [0.25, 0.3) is 0 Å². The fourth-order valence-electron chi connectivity index (χ4n) is 3.22. The fourth-order valence-corrected chi connectivity index (χ4v) is 3.76. The highest BCUT2D eigenvalue weighted by Gasteiger charge is 2.28. The summed E-state index contributed by atoms with van der Waals surface area (Å²) in [7, 11) is 0. The maximum absolute atomic E-state index is 3.78. The summed E-state index contributed by atoms with van der Waals surface area (Å²) in [6.07, 6.45) is 12.1. The summed E-state index contributed by atoms with van der Waals surface area (Å²) in [5.41, 5.74) is 0. The molecule has 0 bridgehead atoms. The van der Waals surface area contributed by atoms with E-state index in [0.29, 0.717) is 0 Å². The van der Waals surface area contributed by atoms with Gasteiger partial charge in [-0.2, -0.15) is 11.8 Å². The molecule has 0 aromatic heterocycles. The average Bonchev–Trinajstić information content (AvgIpc) is 2.35. The first-order valence-corrected chi connectivity index (χ1v) is 8.93. The molecule has 1 aliphatic rings. The molecule has 102 valence electrons. The van der Waals surface area contributed by atoms with Crippen LogP contribution in [0.15, 0.2) is 0 Å². The van der Waals surface area contributed by atoms with E-state index in [9.17, 15) is 0 Å². The lowest BCUT2D eigenvalue weighted by atomic mass is 9.75. The normalized spacial score (nSPS) is 29.5. The van der Waals surface area contributed by atoms with Crippen LogP contribution in [-0.2, 0) is 0 Å². The van der Waals surface area contributed by atoms with Gasteiger partial charge >= 0.3 is 0 Å². The van der Waals surface area contributed by atoms with Crippen LogP contribution >= 0.6 is 11.8 Å². The zero-order chi connectivity index (χ0) is 12.5. The molecular formula is C15H31NS. The number of rotatable bonds is 8. The minimum atomic E-state index is 0.815. The Morgan fingerprint density at radius 2 is 1.94 bits per heavy atom. The molecule has 1 N–H and O–H groups in total. The van der Waals surface area contributed by atoms with Crippen molar-refractivity contribution in [1.29, 1.82) is 0 Å². The minimum absolute atomic E-state index is 0.815. The molecule has 1 fully saturated rings. The predicted molar refractivity (Wildman–Crippen MR) is 80.8 cm³/mol. The van der Waals surface area contributed by atoms with Crippen molar-refractivity contribution in [3.05, 3.63) is 0 Å². The van der Waals surface area contributed by atoms with E-state index >= 15 is 0 Å². The molecule has 0 saturated heterocycles. The Morgan fingerprint density at radius 1 is 1.12 bits per heavy atom. The van der Waals surface area contributed by atoms with Gasteiger partial charge in [-0.15, -0.1) is 0 Å². The topological polar surface area (TPSA) is 12.0 Å². The van der Waals surface area contributed by atoms with Gasteiger partial charge in [0.1, 0.15) is 0 Å². The second-order valence-corrected chi connectivity index (χ2v) is 6.56. The molecule has 0 heterocycles. The zero-order valence-electron chi connectivity index (χ0n) is 12.0. The van der Waals surface area contributed by atoms with E-state index < -0.39 is 0 Å². The Hall–Kier alpha value is 0.310. The second kappa shape index (κ2) is 9.27. The zero-order valence-corrected chi connectivity index (χ0v) is 12.8. The maximum atomic E-state index is 3.78. The van der Waals surface area contributed by atoms with Crippen molar-refractivity contribution in [2.24, 2.45) is 11.8 Å². The number of hydrogen-bond acceptors (Lipinski definition) is 2. The first-order chi connectivity index (χ1) is 8.31. The quantitative estimate of drug-likeness (QED) is 0.695. The highest BCUT2D eigenvalue weighted by molar-refractivity contribution is 7.98. The molecule has 3 unspecified atom stereocenters. The van der Waals surface area contributed by atoms with Gasteiger partial charge in [0.25, 0.3) is 0 Å². The first kappa shape index (κ1) is 15.4. The largest absolute Gasteiger partial charge is 0.314 e. The predicted octanol–water partition coefficient (Wildman–Crippen LogP) is 4.32. The highest BCUT2D eigenvalue weighted by atomic mass is 32.2. The van der Waals surface area contributed by atoms with Gasteiger partial charge in [0.05, 0.1) is 0 Å². The van der Waals surface area contributed by atoms with E-state index in [1.54, 1.807) is 0 Å². The third-order valence-corrected chi connectivity index (χ3v) is 4.78. The van der Waals surface area contributed by atoms with Gasteiger partial charge < -0.3 is 5.32 Å². The lowest BCUT2D eigenvalue weighted by Gasteiger charge is -2.37. The molecule has 3 atom stereocenters. The van der Waals surface area contributed by atoms with E-state index in [2.05, 4.69) is 25.4 Å². The van der Waals surface area contributed by atoms with Gasteiger partial charge in [-0.05, 0) is 62.5 Å². The summed E-state index contributed by atoms with van der Waals surface area (Å²) in [4.78, 5) is 0. The summed E-state index contributed by atoms with van der Waals surface area (Å²) >= 11 is 2.01. The standard InChI is InChI=1S/C15H31NS/c1-4-6-13-7-8-15(16-10-5-2)14(12-13)9-11-17-3/h13-16H,4-12H2,1-3H3. The van der Waals surface area contributed by atoms with Crippen molar-refractivity contribution < 1.29 is 0 Å². The molecule has 17 heavy (non-hydrogen) atoms. The molecule has 0 aromatic carbocycles. The van der Waals surface area contributed by atoms with Gasteiger partial charge in [0, 0.05) is 6.04 Å². The Morgan fingerprint density at radius 3 is 2.59 bits per heavy atom. The molecule has 0 aliphatic heterocycles. The minimum Gasteiger partial charge on any atom is -0.314 e. The summed E-state index contributed by atoms with van der Waals surface area (Å²) in [6.45, 7) is 5.81. The third-order valence-electron chi connectivity index (χ3n) is 4.14. The van der Waals surface area contributed by atoms with E-state index in [1.165, 1.54) is 57.2 Å². The highest BCUT2D eigenvalue weighted by Crippen LogP contribution is 2.34. The molecule has 1 aliphatic carbocycles. The van der Waals surface area contributed by atoms with E-state index in [4.69, 9.17) is 0 Å². The SMILES string of the molecule is CCCNC1CCC(CCC)CC1CCSC. The van der Waals surface area contributed by atoms with Crippen molar-refractivity contribution in [2.75, 3.05) is 18.6 Å². The van der Waals surface area contributed by atoms with Crippen LogP contribution in [0.3, 0.4) is 0 Å². The summed E-state index contributed by atoms with van der Waals surface area (Å²) in [5, 5.41) is 3.78. The molecule has 0 spiro atoms. The van der Waals surface area contributed by atoms with Gasteiger partial charge in [-0.3, -0.25) is 0 Å². The Kier molecular flexibility index (Phi) is 8.38. The Bertz CT molecular complexity index is 184. The average molecular weight is 257 g/mol. The van der Waals surface area contributed by atoms with Crippen LogP contribution in [0.5, 0.6) is 0 Å². The Balaban J connectivity index is 2.40. The van der Waals surface area contributed by atoms with E-state index in [0.717, 1.165) is 17.9 Å². The summed E-state index contributed by atoms with van der Waals surface area (Å²) in [6, 6.07) is 0.815. The second-order valence-electron chi connectivity index (χ2n) is 5.57. The van der Waals surface area contributed by atoms with Crippen LogP contribution in [0.4, 0.5) is 0 Å². The van der Waals surface area contributed by atoms with Gasteiger partial charge in [0.15, 0.2) is 0 Å². The van der Waals surface area contributed by atoms with Crippen molar-refractivity contribution in [3.63, 3.8) is 0 Å². The van der Waals surface area contributed by atoms with Crippen molar-refractivity contribution in [3.8, 4) is 0 Å². The van der Waals surface area contributed by atoms with Gasteiger partial charge in [-0.25, -0.2) is 0 Å². The number of nitrogens with one attached hydrogen (secondary N) is 1. The molecule has 1 rings (SSSR count). The molecule has 1 saturated carbocycles.